The third kappa shape index (κ3) is 4.51. The van der Waals surface area contributed by atoms with Crippen LogP contribution in [0.2, 0.25) is 5.02 Å². The van der Waals surface area contributed by atoms with Crippen molar-refractivity contribution in [2.45, 2.75) is 39.3 Å². The molecule has 0 fully saturated rings. The zero-order valence-corrected chi connectivity index (χ0v) is 13.2. The summed E-state index contributed by atoms with van der Waals surface area (Å²) in [5.74, 6) is 0. The Hall–Kier alpha value is -1.03. The Morgan fingerprint density at radius 1 is 1.25 bits per heavy atom. The molecule has 0 atom stereocenters. The molecule has 110 valence electrons. The van der Waals surface area contributed by atoms with Gasteiger partial charge in [0.05, 0.1) is 6.61 Å². The highest BCUT2D eigenvalue weighted by Crippen LogP contribution is 2.18. The summed E-state index contributed by atoms with van der Waals surface area (Å²) in [5.41, 5.74) is 5.56. The van der Waals surface area contributed by atoms with Crippen LogP contribution in [0.4, 0.5) is 0 Å². The van der Waals surface area contributed by atoms with Gasteiger partial charge in [-0.1, -0.05) is 23.7 Å². The highest BCUT2D eigenvalue weighted by molar-refractivity contribution is 6.30. The van der Waals surface area contributed by atoms with Crippen LogP contribution in [0.25, 0.3) is 0 Å². The number of benzene rings is 1. The van der Waals surface area contributed by atoms with E-state index in [9.17, 15) is 0 Å². The van der Waals surface area contributed by atoms with Crippen LogP contribution in [-0.2, 0) is 11.4 Å². The summed E-state index contributed by atoms with van der Waals surface area (Å²) in [4.78, 5) is 8.00. The average molecular weight is 295 g/mol. The molecule has 0 amide bonds. The lowest BCUT2D eigenvalue weighted by Crippen LogP contribution is -2.44. The molecule has 0 spiro atoms. The van der Waals surface area contributed by atoms with Crippen molar-refractivity contribution >= 4 is 11.6 Å². The van der Waals surface area contributed by atoms with Crippen molar-refractivity contribution < 1.29 is 4.84 Å². The number of nitrogens with zero attached hydrogens (tertiary/aromatic N) is 1. The molecule has 1 aliphatic heterocycles. The van der Waals surface area contributed by atoms with Crippen LogP contribution in [-0.4, -0.2) is 23.5 Å². The molecule has 4 heteroatoms. The molecule has 0 radical (unpaired) electrons. The van der Waals surface area contributed by atoms with E-state index in [1.807, 2.05) is 24.3 Å². The lowest BCUT2D eigenvalue weighted by Gasteiger charge is -2.37. The molecule has 1 heterocycles. The largest absolute Gasteiger partial charge is 0.294 e. The molecule has 1 aromatic rings. The minimum atomic E-state index is 0.228. The van der Waals surface area contributed by atoms with Crippen molar-refractivity contribution in [1.29, 1.82) is 0 Å². The summed E-state index contributed by atoms with van der Waals surface area (Å²) in [6.45, 7) is 9.31. The lowest BCUT2D eigenvalue weighted by molar-refractivity contribution is 0.0409. The van der Waals surface area contributed by atoms with E-state index in [0.717, 1.165) is 30.1 Å². The molecule has 0 bridgehead atoms. The van der Waals surface area contributed by atoms with Crippen molar-refractivity contribution in [3.63, 3.8) is 0 Å². The van der Waals surface area contributed by atoms with Crippen LogP contribution in [0.15, 0.2) is 36.0 Å². The number of hydrogen-bond donors (Lipinski definition) is 1. The second-order valence-corrected chi connectivity index (χ2v) is 6.55. The maximum atomic E-state index is 5.85. The number of rotatable bonds is 4. The van der Waals surface area contributed by atoms with E-state index in [1.54, 1.807) is 0 Å². The zero-order chi connectivity index (χ0) is 14.6. The predicted molar refractivity (Wildman–Crippen MR) is 83.4 cm³/mol. The maximum absolute atomic E-state index is 5.85. The fourth-order valence-electron chi connectivity index (χ4n) is 2.16. The summed E-state index contributed by atoms with van der Waals surface area (Å²) in [6.07, 6.45) is 3.20. The van der Waals surface area contributed by atoms with Crippen LogP contribution in [0, 0.1) is 0 Å². The smallest absolute Gasteiger partial charge is 0.0996 e. The van der Waals surface area contributed by atoms with Gasteiger partial charge < -0.3 is 0 Å². The van der Waals surface area contributed by atoms with Gasteiger partial charge in [0.2, 0.25) is 0 Å². The van der Waals surface area contributed by atoms with Crippen LogP contribution in [0.1, 0.15) is 32.8 Å². The predicted octanol–water partition coefficient (Wildman–Crippen LogP) is 3.75. The molecule has 1 aromatic carbocycles. The summed E-state index contributed by atoms with van der Waals surface area (Å²) >= 11 is 5.85. The fourth-order valence-corrected chi connectivity index (χ4v) is 2.29. The highest BCUT2D eigenvalue weighted by atomic mass is 35.5. The van der Waals surface area contributed by atoms with Crippen LogP contribution >= 0.6 is 11.6 Å². The van der Waals surface area contributed by atoms with Crippen molar-refractivity contribution in [2.75, 3.05) is 13.1 Å². The Morgan fingerprint density at radius 2 is 1.95 bits per heavy atom. The van der Waals surface area contributed by atoms with Gasteiger partial charge >= 0.3 is 0 Å². The average Bonchev–Trinajstić information content (AvgIpc) is 2.41. The van der Waals surface area contributed by atoms with E-state index in [4.69, 9.17) is 16.4 Å². The Kier molecular flexibility index (Phi) is 5.08. The first-order valence-corrected chi connectivity index (χ1v) is 7.39. The van der Waals surface area contributed by atoms with Gasteiger partial charge in [-0.05, 0) is 44.5 Å². The first-order valence-electron chi connectivity index (χ1n) is 7.01. The summed E-state index contributed by atoms with van der Waals surface area (Å²) in [5, 5.41) is 0.749. The number of hydrogen-bond acceptors (Lipinski definition) is 3. The number of nitrogens with one attached hydrogen (secondary N) is 1. The van der Waals surface area contributed by atoms with E-state index in [1.165, 1.54) is 5.70 Å². The topological polar surface area (TPSA) is 24.5 Å². The van der Waals surface area contributed by atoms with Crippen LogP contribution in [0.3, 0.4) is 0 Å². The van der Waals surface area contributed by atoms with Gasteiger partial charge in [0.1, 0.15) is 0 Å². The van der Waals surface area contributed by atoms with Gasteiger partial charge in [-0.25, -0.2) is 0 Å². The molecule has 0 unspecified atom stereocenters. The summed E-state index contributed by atoms with van der Waals surface area (Å²) < 4.78 is 0. The molecule has 0 aliphatic carbocycles. The van der Waals surface area contributed by atoms with E-state index >= 15 is 0 Å². The van der Waals surface area contributed by atoms with Crippen LogP contribution in [0.5, 0.6) is 0 Å². The maximum Gasteiger partial charge on any atom is 0.0996 e. The SMILES string of the molecule is CC(C)(C)N1CC=C(NOCc2ccc(Cl)cc2)CC1. The summed E-state index contributed by atoms with van der Waals surface area (Å²) in [7, 11) is 0. The van der Waals surface area contributed by atoms with E-state index in [2.05, 4.69) is 37.2 Å². The Labute approximate surface area is 126 Å². The number of hydroxylamine groups is 1. The highest BCUT2D eigenvalue weighted by Gasteiger charge is 2.22. The van der Waals surface area contributed by atoms with Gasteiger partial charge in [0, 0.05) is 35.8 Å². The van der Waals surface area contributed by atoms with Crippen molar-refractivity contribution in [3.8, 4) is 0 Å². The third-order valence-corrected chi connectivity index (χ3v) is 3.77. The molecule has 0 aromatic heterocycles. The molecular formula is C16H23ClN2O. The molecule has 0 saturated carbocycles. The lowest BCUT2D eigenvalue weighted by atomic mass is 10.0. The second kappa shape index (κ2) is 6.61. The van der Waals surface area contributed by atoms with Gasteiger partial charge in [0.15, 0.2) is 0 Å². The molecule has 2 rings (SSSR count). The van der Waals surface area contributed by atoms with Crippen molar-refractivity contribution in [1.82, 2.24) is 10.4 Å². The van der Waals surface area contributed by atoms with Gasteiger partial charge in [-0.3, -0.25) is 15.2 Å². The van der Waals surface area contributed by atoms with E-state index in [-0.39, 0.29) is 5.54 Å². The van der Waals surface area contributed by atoms with Crippen LogP contribution < -0.4 is 5.48 Å². The van der Waals surface area contributed by atoms with E-state index < -0.39 is 0 Å². The monoisotopic (exact) mass is 294 g/mol. The molecule has 20 heavy (non-hydrogen) atoms. The molecule has 3 nitrogen and oxygen atoms in total. The minimum absolute atomic E-state index is 0.228. The first kappa shape index (κ1) is 15.4. The normalized spacial score (nSPS) is 16.9. The van der Waals surface area contributed by atoms with Gasteiger partial charge in [-0.15, -0.1) is 0 Å². The zero-order valence-electron chi connectivity index (χ0n) is 12.4. The minimum Gasteiger partial charge on any atom is -0.294 e. The number of halogens is 1. The molecule has 1 N–H and O–H groups in total. The van der Waals surface area contributed by atoms with Gasteiger partial charge in [0.25, 0.3) is 0 Å². The quantitative estimate of drug-likeness (QED) is 0.856. The third-order valence-electron chi connectivity index (χ3n) is 3.51. The van der Waals surface area contributed by atoms with Gasteiger partial charge in [-0.2, -0.15) is 0 Å². The van der Waals surface area contributed by atoms with Crippen molar-refractivity contribution in [3.05, 3.63) is 46.6 Å². The molecular weight excluding hydrogens is 272 g/mol. The second-order valence-electron chi connectivity index (χ2n) is 6.11. The Balaban J connectivity index is 1.75. The fraction of sp³-hybridized carbons (Fsp3) is 0.500. The first-order chi connectivity index (χ1) is 9.45. The molecule has 0 saturated heterocycles. The standard InChI is InChI=1S/C16H23ClN2O/c1-16(2,3)19-10-8-15(9-11-19)18-20-12-13-4-6-14(17)7-5-13/h4-8,18H,9-12H2,1-3H3. The van der Waals surface area contributed by atoms with Crippen molar-refractivity contribution in [2.24, 2.45) is 0 Å². The Bertz CT molecular complexity index is 462. The summed E-state index contributed by atoms with van der Waals surface area (Å²) in [6, 6.07) is 7.70. The Morgan fingerprint density at radius 3 is 2.50 bits per heavy atom. The molecule has 1 aliphatic rings. The van der Waals surface area contributed by atoms with E-state index in [0.29, 0.717) is 6.61 Å².